The van der Waals surface area contributed by atoms with E-state index in [1.807, 2.05) is 0 Å². The Morgan fingerprint density at radius 3 is 2.78 bits per heavy atom. The number of aliphatic hydroxyl groups excluding tert-OH is 1. The molecule has 8 heteroatoms. The number of pyridine rings is 1. The average molecular weight is 369 g/mol. The number of benzene rings is 1. The molecular formula is C19H19N3O5. The van der Waals surface area contributed by atoms with Crippen LogP contribution in [-0.2, 0) is 4.74 Å². The van der Waals surface area contributed by atoms with Crippen LogP contribution >= 0.6 is 0 Å². The molecule has 1 fully saturated rings. The molecule has 4 rings (SSSR count). The minimum absolute atomic E-state index is 0.181. The van der Waals surface area contributed by atoms with Gasteiger partial charge in [0.05, 0.1) is 24.6 Å². The first-order valence-corrected chi connectivity index (χ1v) is 8.73. The number of hydrogen-bond donors (Lipinski definition) is 3. The predicted octanol–water partition coefficient (Wildman–Crippen LogP) is 2.43. The van der Waals surface area contributed by atoms with Gasteiger partial charge in [0.1, 0.15) is 17.4 Å². The van der Waals surface area contributed by atoms with Crippen LogP contribution in [0.2, 0.25) is 0 Å². The molecule has 0 amide bonds. The van der Waals surface area contributed by atoms with Crippen molar-refractivity contribution >= 4 is 17.0 Å². The second kappa shape index (κ2) is 6.98. The first kappa shape index (κ1) is 17.4. The van der Waals surface area contributed by atoms with Crippen molar-refractivity contribution in [3.05, 3.63) is 47.8 Å². The first-order valence-electron chi connectivity index (χ1n) is 8.73. The van der Waals surface area contributed by atoms with E-state index in [4.69, 9.17) is 9.84 Å². The Kier molecular flexibility index (Phi) is 4.51. The molecule has 0 spiro atoms. The van der Waals surface area contributed by atoms with Gasteiger partial charge in [-0.25, -0.2) is 14.5 Å². The molecule has 0 bridgehead atoms. The van der Waals surface area contributed by atoms with Gasteiger partial charge in [-0.1, -0.05) is 0 Å². The number of fused-ring (bicyclic) bond motifs is 1. The van der Waals surface area contributed by atoms with Crippen LogP contribution in [0.3, 0.4) is 0 Å². The maximum absolute atomic E-state index is 11.0. The molecule has 3 N–H and O–H groups in total. The van der Waals surface area contributed by atoms with Crippen molar-refractivity contribution in [1.29, 1.82) is 0 Å². The third-order valence-electron chi connectivity index (χ3n) is 4.81. The lowest BCUT2D eigenvalue weighted by molar-refractivity contribution is -0.0427. The van der Waals surface area contributed by atoms with Gasteiger partial charge in [0, 0.05) is 23.2 Å². The Balaban J connectivity index is 1.58. The van der Waals surface area contributed by atoms with Crippen molar-refractivity contribution < 1.29 is 24.9 Å². The van der Waals surface area contributed by atoms with Crippen molar-refractivity contribution in [1.82, 2.24) is 14.8 Å². The highest BCUT2D eigenvalue weighted by molar-refractivity contribution is 5.91. The Morgan fingerprint density at radius 2 is 2.11 bits per heavy atom. The van der Waals surface area contributed by atoms with Crippen LogP contribution in [-0.4, -0.2) is 48.8 Å². The lowest BCUT2D eigenvalue weighted by atomic mass is 9.96. The summed E-state index contributed by atoms with van der Waals surface area (Å²) in [6, 6.07) is 5.99. The summed E-state index contributed by atoms with van der Waals surface area (Å²) in [7, 11) is 0. The normalized spacial score (nSPS) is 15.6. The van der Waals surface area contributed by atoms with Crippen molar-refractivity contribution in [2.45, 2.75) is 31.5 Å². The van der Waals surface area contributed by atoms with E-state index in [1.165, 1.54) is 23.2 Å². The molecule has 1 aliphatic rings. The Labute approximate surface area is 154 Å². The highest BCUT2D eigenvalue weighted by Crippen LogP contribution is 2.26. The number of carboxylic acid groups (broad SMARTS) is 1. The van der Waals surface area contributed by atoms with Gasteiger partial charge >= 0.3 is 5.97 Å². The molecule has 3 aromatic rings. The number of phenols is 1. The highest BCUT2D eigenvalue weighted by Gasteiger charge is 2.20. The van der Waals surface area contributed by atoms with Gasteiger partial charge < -0.3 is 20.1 Å². The molecular weight excluding hydrogens is 350 g/mol. The fourth-order valence-electron chi connectivity index (χ4n) is 3.00. The number of carboxylic acids is 1. The molecule has 1 atom stereocenters. The SMILES string of the molecule is O=C(O)c1ccc(-n2ncc3cc([C@@H](O)COC4CCC4)cnc32)cc1O. The number of aromatic hydroxyl groups is 1. The zero-order valence-corrected chi connectivity index (χ0v) is 14.4. The molecule has 1 saturated carbocycles. The summed E-state index contributed by atoms with van der Waals surface area (Å²) in [4.78, 5) is 15.4. The maximum Gasteiger partial charge on any atom is 0.339 e. The monoisotopic (exact) mass is 369 g/mol. The summed E-state index contributed by atoms with van der Waals surface area (Å²) < 4.78 is 7.15. The van der Waals surface area contributed by atoms with Gasteiger partial charge in [-0.2, -0.15) is 5.10 Å². The smallest absolute Gasteiger partial charge is 0.339 e. The van der Waals surface area contributed by atoms with Gasteiger partial charge in [0.15, 0.2) is 5.65 Å². The summed E-state index contributed by atoms with van der Waals surface area (Å²) in [5, 5.41) is 34.2. The molecule has 1 aromatic carbocycles. The van der Waals surface area contributed by atoms with Crippen molar-refractivity contribution in [2.24, 2.45) is 0 Å². The largest absolute Gasteiger partial charge is 0.507 e. The number of rotatable bonds is 6. The molecule has 27 heavy (non-hydrogen) atoms. The van der Waals surface area contributed by atoms with Crippen LogP contribution < -0.4 is 0 Å². The van der Waals surface area contributed by atoms with E-state index in [-0.39, 0.29) is 24.0 Å². The van der Waals surface area contributed by atoms with Crippen molar-refractivity contribution in [3.63, 3.8) is 0 Å². The molecule has 140 valence electrons. The van der Waals surface area contributed by atoms with E-state index in [1.54, 1.807) is 24.5 Å². The fraction of sp³-hybridized carbons (Fsp3) is 0.316. The number of hydrogen-bond acceptors (Lipinski definition) is 6. The van der Waals surface area contributed by atoms with Gasteiger partial charge in [-0.05, 0) is 37.5 Å². The van der Waals surface area contributed by atoms with Crippen LogP contribution in [0.15, 0.2) is 36.7 Å². The zero-order chi connectivity index (χ0) is 19.0. The molecule has 2 heterocycles. The Morgan fingerprint density at radius 1 is 1.30 bits per heavy atom. The zero-order valence-electron chi connectivity index (χ0n) is 14.4. The second-order valence-electron chi connectivity index (χ2n) is 6.65. The van der Waals surface area contributed by atoms with E-state index < -0.39 is 12.1 Å². The second-order valence-corrected chi connectivity index (χ2v) is 6.65. The summed E-state index contributed by atoms with van der Waals surface area (Å²) >= 11 is 0. The molecule has 2 aromatic heterocycles. The van der Waals surface area contributed by atoms with E-state index in [0.29, 0.717) is 16.9 Å². The lowest BCUT2D eigenvalue weighted by Crippen LogP contribution is -2.24. The van der Waals surface area contributed by atoms with E-state index >= 15 is 0 Å². The first-order chi connectivity index (χ1) is 13.0. The molecule has 0 radical (unpaired) electrons. The Bertz CT molecular complexity index is 996. The summed E-state index contributed by atoms with van der Waals surface area (Å²) in [6.07, 6.45) is 5.93. The van der Waals surface area contributed by atoms with E-state index in [9.17, 15) is 15.0 Å². The van der Waals surface area contributed by atoms with Crippen molar-refractivity contribution in [2.75, 3.05) is 6.61 Å². The lowest BCUT2D eigenvalue weighted by Gasteiger charge is -2.26. The number of aromatic nitrogens is 3. The maximum atomic E-state index is 11.0. The number of aliphatic hydroxyl groups is 1. The summed E-state index contributed by atoms with van der Waals surface area (Å²) in [5.41, 5.74) is 1.49. The van der Waals surface area contributed by atoms with Crippen LogP contribution in [0.1, 0.15) is 41.3 Å². The fourth-order valence-corrected chi connectivity index (χ4v) is 3.00. The summed E-state index contributed by atoms with van der Waals surface area (Å²) in [5.74, 6) is -1.55. The minimum atomic E-state index is -1.20. The van der Waals surface area contributed by atoms with Gasteiger partial charge in [0.25, 0.3) is 0 Å². The molecule has 8 nitrogen and oxygen atoms in total. The molecule has 0 saturated heterocycles. The van der Waals surface area contributed by atoms with Gasteiger partial charge in [-0.3, -0.25) is 0 Å². The van der Waals surface area contributed by atoms with E-state index in [0.717, 1.165) is 18.2 Å². The Hall–Kier alpha value is -2.97. The van der Waals surface area contributed by atoms with Gasteiger partial charge in [-0.15, -0.1) is 0 Å². The number of ether oxygens (including phenoxy) is 1. The number of carbonyl (C=O) groups is 1. The molecule has 0 unspecified atom stereocenters. The number of aromatic carboxylic acids is 1. The third kappa shape index (κ3) is 3.36. The van der Waals surface area contributed by atoms with Crippen LogP contribution in [0.5, 0.6) is 5.75 Å². The minimum Gasteiger partial charge on any atom is -0.507 e. The molecule has 1 aliphatic carbocycles. The van der Waals surface area contributed by atoms with Crippen molar-refractivity contribution in [3.8, 4) is 11.4 Å². The van der Waals surface area contributed by atoms with Crippen LogP contribution in [0.25, 0.3) is 16.7 Å². The highest BCUT2D eigenvalue weighted by atomic mass is 16.5. The summed E-state index contributed by atoms with van der Waals surface area (Å²) in [6.45, 7) is 0.233. The standard InChI is InChI=1S/C19H19N3O5/c23-16-7-13(4-5-15(16)19(25)26)22-18-12(9-21-22)6-11(8-20-18)17(24)10-27-14-2-1-3-14/h4-9,14,17,23-24H,1-3,10H2,(H,25,26)/t17-/m0/s1. The average Bonchev–Trinajstić information content (AvgIpc) is 3.03. The predicted molar refractivity (Wildman–Crippen MR) is 96.0 cm³/mol. The van der Waals surface area contributed by atoms with Crippen LogP contribution in [0, 0.1) is 0 Å². The number of nitrogens with zero attached hydrogens (tertiary/aromatic N) is 3. The van der Waals surface area contributed by atoms with E-state index in [2.05, 4.69) is 10.1 Å². The van der Waals surface area contributed by atoms with Gasteiger partial charge in [0.2, 0.25) is 0 Å². The van der Waals surface area contributed by atoms with Crippen LogP contribution in [0.4, 0.5) is 0 Å². The molecule has 0 aliphatic heterocycles. The third-order valence-corrected chi connectivity index (χ3v) is 4.81. The quantitative estimate of drug-likeness (QED) is 0.611. The topological polar surface area (TPSA) is 118 Å².